The molecule has 0 radical (unpaired) electrons. The van der Waals surface area contributed by atoms with E-state index in [9.17, 15) is 9.59 Å². The minimum atomic E-state index is -0.102. The van der Waals surface area contributed by atoms with Crippen molar-refractivity contribution in [1.29, 1.82) is 0 Å². The number of amides is 2. The molecule has 0 bridgehead atoms. The normalized spacial score (nSPS) is 29.1. The number of likely N-dealkylation sites (tertiary alicyclic amines) is 1. The van der Waals surface area contributed by atoms with E-state index in [1.165, 1.54) is 0 Å². The number of hydrogen-bond acceptors (Lipinski definition) is 4. The fraction of sp³-hybridized carbons (Fsp3) is 0.643. The van der Waals surface area contributed by atoms with E-state index >= 15 is 0 Å². The van der Waals surface area contributed by atoms with Gasteiger partial charge in [-0.2, -0.15) is 5.10 Å². The molecule has 3 rings (SSSR count). The van der Waals surface area contributed by atoms with Crippen LogP contribution in [0.3, 0.4) is 0 Å². The third kappa shape index (κ3) is 2.78. The number of nitrogens with one attached hydrogen (secondary N) is 2. The molecule has 0 spiro atoms. The molecule has 3 heterocycles. The highest BCUT2D eigenvalue weighted by atomic mass is 16.2. The number of aromatic nitrogens is 2. The summed E-state index contributed by atoms with van der Waals surface area (Å²) in [5, 5.41) is 10.5. The highest BCUT2D eigenvalue weighted by Crippen LogP contribution is 2.28. The Balaban J connectivity index is 1.65. The van der Waals surface area contributed by atoms with Gasteiger partial charge in [-0.25, -0.2) is 0 Å². The van der Waals surface area contributed by atoms with Crippen LogP contribution < -0.4 is 10.6 Å². The molecule has 2 aliphatic rings. The Hall–Kier alpha value is -1.89. The summed E-state index contributed by atoms with van der Waals surface area (Å²) >= 11 is 0. The Kier molecular flexibility index (Phi) is 3.67. The molecule has 3 atom stereocenters. The van der Waals surface area contributed by atoms with E-state index in [1.807, 2.05) is 19.4 Å². The smallest absolute Gasteiger partial charge is 0.225 e. The predicted octanol–water partition coefficient (Wildman–Crippen LogP) is -0.930. The van der Waals surface area contributed by atoms with Gasteiger partial charge in [-0.3, -0.25) is 14.3 Å². The van der Waals surface area contributed by atoms with Gasteiger partial charge in [0.05, 0.1) is 18.2 Å². The Morgan fingerprint density at radius 2 is 2.24 bits per heavy atom. The molecule has 7 heteroatoms. The lowest BCUT2D eigenvalue weighted by Gasteiger charge is -2.19. The molecule has 0 saturated carbocycles. The standard InChI is InChI=1S/C14H21N5O2/c1-18-8-10(3-13(18)20)17-14(21)12-6-15-5-11(12)9-4-16-19(2)7-9/h4,7,10-12,15H,3,5-6,8H2,1-2H3,(H,17,21)/t10?,11-,12+/m1/s1. The summed E-state index contributed by atoms with van der Waals surface area (Å²) in [6, 6.07) is -0.0647. The van der Waals surface area contributed by atoms with E-state index in [4.69, 9.17) is 0 Å². The highest BCUT2D eigenvalue weighted by molar-refractivity contribution is 5.84. The van der Waals surface area contributed by atoms with Gasteiger partial charge in [-0.1, -0.05) is 0 Å². The zero-order valence-electron chi connectivity index (χ0n) is 12.4. The van der Waals surface area contributed by atoms with E-state index in [-0.39, 0.29) is 29.7 Å². The summed E-state index contributed by atoms with van der Waals surface area (Å²) in [5.74, 6) is 0.166. The molecular formula is C14H21N5O2. The second kappa shape index (κ2) is 5.48. The molecule has 2 amide bonds. The van der Waals surface area contributed by atoms with E-state index in [2.05, 4.69) is 15.7 Å². The van der Waals surface area contributed by atoms with E-state index < -0.39 is 0 Å². The molecule has 1 aromatic rings. The number of rotatable bonds is 3. The first-order valence-corrected chi connectivity index (χ1v) is 7.28. The summed E-state index contributed by atoms with van der Waals surface area (Å²) in [5.41, 5.74) is 1.09. The van der Waals surface area contributed by atoms with Gasteiger partial charge < -0.3 is 15.5 Å². The van der Waals surface area contributed by atoms with E-state index in [0.29, 0.717) is 19.5 Å². The van der Waals surface area contributed by atoms with Crippen molar-refractivity contribution in [1.82, 2.24) is 25.3 Å². The van der Waals surface area contributed by atoms with Crippen LogP contribution in [0.25, 0.3) is 0 Å². The topological polar surface area (TPSA) is 79.3 Å². The van der Waals surface area contributed by atoms with Crippen molar-refractivity contribution in [2.45, 2.75) is 18.4 Å². The number of carbonyl (C=O) groups is 2. The van der Waals surface area contributed by atoms with Crippen LogP contribution >= 0.6 is 0 Å². The number of aryl methyl sites for hydroxylation is 1. The van der Waals surface area contributed by atoms with Crippen LogP contribution in [-0.2, 0) is 16.6 Å². The number of carbonyl (C=O) groups excluding carboxylic acids is 2. The van der Waals surface area contributed by atoms with Crippen molar-refractivity contribution in [3.8, 4) is 0 Å². The van der Waals surface area contributed by atoms with Crippen molar-refractivity contribution in [2.24, 2.45) is 13.0 Å². The van der Waals surface area contributed by atoms with Crippen molar-refractivity contribution in [3.63, 3.8) is 0 Å². The van der Waals surface area contributed by atoms with Gasteiger partial charge in [0.25, 0.3) is 0 Å². The predicted molar refractivity (Wildman–Crippen MR) is 76.5 cm³/mol. The summed E-state index contributed by atoms with van der Waals surface area (Å²) < 4.78 is 1.76. The largest absolute Gasteiger partial charge is 0.351 e. The number of likely N-dealkylation sites (N-methyl/N-ethyl adjacent to an activating group) is 1. The molecule has 7 nitrogen and oxygen atoms in total. The maximum absolute atomic E-state index is 12.5. The average molecular weight is 291 g/mol. The van der Waals surface area contributed by atoms with Gasteiger partial charge in [0.2, 0.25) is 11.8 Å². The highest BCUT2D eigenvalue weighted by Gasteiger charge is 2.37. The summed E-state index contributed by atoms with van der Waals surface area (Å²) in [6.07, 6.45) is 4.19. The lowest BCUT2D eigenvalue weighted by Crippen LogP contribution is -2.42. The first-order chi connectivity index (χ1) is 10.0. The van der Waals surface area contributed by atoms with Crippen molar-refractivity contribution in [3.05, 3.63) is 18.0 Å². The van der Waals surface area contributed by atoms with E-state index in [1.54, 1.807) is 16.6 Å². The second-order valence-corrected chi connectivity index (χ2v) is 6.00. The zero-order chi connectivity index (χ0) is 15.0. The first-order valence-electron chi connectivity index (χ1n) is 7.28. The number of nitrogens with zero attached hydrogens (tertiary/aromatic N) is 3. The maximum atomic E-state index is 12.5. The van der Waals surface area contributed by atoms with Gasteiger partial charge >= 0.3 is 0 Å². The Labute approximate surface area is 123 Å². The monoisotopic (exact) mass is 291 g/mol. The average Bonchev–Trinajstić information content (AvgIpc) is 3.11. The maximum Gasteiger partial charge on any atom is 0.225 e. The third-order valence-electron chi connectivity index (χ3n) is 4.39. The van der Waals surface area contributed by atoms with Crippen molar-refractivity contribution in [2.75, 3.05) is 26.7 Å². The first kappa shape index (κ1) is 14.1. The number of hydrogen-bond donors (Lipinski definition) is 2. The molecule has 1 aromatic heterocycles. The molecule has 21 heavy (non-hydrogen) atoms. The van der Waals surface area contributed by atoms with Crippen molar-refractivity contribution >= 4 is 11.8 Å². The lowest BCUT2D eigenvalue weighted by molar-refractivity contribution is -0.126. The fourth-order valence-electron chi connectivity index (χ4n) is 3.20. The summed E-state index contributed by atoms with van der Waals surface area (Å²) in [4.78, 5) is 25.7. The molecule has 2 saturated heterocycles. The van der Waals surface area contributed by atoms with Crippen LogP contribution in [0.2, 0.25) is 0 Å². The van der Waals surface area contributed by atoms with Crippen molar-refractivity contribution < 1.29 is 9.59 Å². The van der Waals surface area contributed by atoms with Crippen LogP contribution in [-0.4, -0.2) is 59.2 Å². The Morgan fingerprint density at radius 3 is 2.86 bits per heavy atom. The van der Waals surface area contributed by atoms with Crippen LogP contribution in [0.1, 0.15) is 17.9 Å². The molecular weight excluding hydrogens is 270 g/mol. The van der Waals surface area contributed by atoms with Crippen LogP contribution in [0.5, 0.6) is 0 Å². The van der Waals surface area contributed by atoms with Gasteiger partial charge in [0.15, 0.2) is 0 Å². The SMILES string of the molecule is CN1CC(NC(=O)[C@H]2CNC[C@@H]2c2cnn(C)c2)CC1=O. The molecule has 114 valence electrons. The molecule has 2 N–H and O–H groups in total. The van der Waals surface area contributed by atoms with Gasteiger partial charge in [-0.15, -0.1) is 0 Å². The molecule has 0 aliphatic carbocycles. The molecule has 2 aliphatic heterocycles. The van der Waals surface area contributed by atoms with Gasteiger partial charge in [0, 0.05) is 52.3 Å². The minimum Gasteiger partial charge on any atom is -0.351 e. The second-order valence-electron chi connectivity index (χ2n) is 6.00. The van der Waals surface area contributed by atoms with Gasteiger partial charge in [0.1, 0.15) is 0 Å². The zero-order valence-corrected chi connectivity index (χ0v) is 12.4. The van der Waals surface area contributed by atoms with Crippen LogP contribution in [0.4, 0.5) is 0 Å². The quantitative estimate of drug-likeness (QED) is 0.754. The summed E-state index contributed by atoms with van der Waals surface area (Å²) in [6.45, 7) is 2.05. The van der Waals surface area contributed by atoms with Gasteiger partial charge in [-0.05, 0) is 5.56 Å². The third-order valence-corrected chi connectivity index (χ3v) is 4.39. The van der Waals surface area contributed by atoms with Crippen LogP contribution in [0.15, 0.2) is 12.4 Å². The molecule has 2 fully saturated rings. The van der Waals surface area contributed by atoms with E-state index in [0.717, 1.165) is 12.1 Å². The summed E-state index contributed by atoms with van der Waals surface area (Å²) in [7, 11) is 3.64. The molecule has 1 unspecified atom stereocenters. The Bertz CT molecular complexity index is 555. The minimum absolute atomic E-state index is 0.0296. The Morgan fingerprint density at radius 1 is 1.43 bits per heavy atom. The lowest BCUT2D eigenvalue weighted by atomic mass is 9.90. The fourth-order valence-corrected chi connectivity index (χ4v) is 3.20. The molecule has 0 aromatic carbocycles. The van der Waals surface area contributed by atoms with Crippen LogP contribution in [0, 0.1) is 5.92 Å².